The lowest BCUT2D eigenvalue weighted by Gasteiger charge is -2.05. The molecule has 0 saturated heterocycles. The Morgan fingerprint density at radius 1 is 1.14 bits per heavy atom. The predicted octanol–water partition coefficient (Wildman–Crippen LogP) is 2.46. The van der Waals surface area contributed by atoms with E-state index in [1.807, 2.05) is 7.05 Å². The molecule has 0 aromatic heterocycles. The van der Waals surface area contributed by atoms with Gasteiger partial charge in [0.1, 0.15) is 0 Å². The number of unbranched alkanes of at least 4 members (excludes halogenated alkanes) is 1. The average Bonchev–Trinajstić information content (AvgIpc) is 2.47. The number of nitrogens with zero attached hydrogens (tertiary/aromatic N) is 1. The van der Waals surface area contributed by atoms with E-state index >= 15 is 0 Å². The Kier molecular flexibility index (Phi) is 11.0. The van der Waals surface area contributed by atoms with Gasteiger partial charge in [-0.15, -0.1) is 12.4 Å². The van der Waals surface area contributed by atoms with Crippen LogP contribution in [0.15, 0.2) is 24.3 Å². The molecule has 0 atom stereocenters. The summed E-state index contributed by atoms with van der Waals surface area (Å²) >= 11 is 0. The van der Waals surface area contributed by atoms with Crippen LogP contribution < -0.4 is 10.6 Å². The van der Waals surface area contributed by atoms with Crippen molar-refractivity contribution in [2.24, 2.45) is 0 Å². The van der Waals surface area contributed by atoms with Crippen molar-refractivity contribution in [1.29, 1.82) is 0 Å². The summed E-state index contributed by atoms with van der Waals surface area (Å²) in [5, 5.41) is 16.4. The number of halogens is 1. The second-order valence-electron chi connectivity index (χ2n) is 4.94. The molecule has 0 fully saturated rings. The number of non-ortho nitro benzene ring substituents is 1. The van der Waals surface area contributed by atoms with Crippen molar-refractivity contribution in [3.05, 3.63) is 39.9 Å². The normalized spacial score (nSPS) is 9.86. The highest BCUT2D eigenvalue weighted by Gasteiger charge is 2.04. The summed E-state index contributed by atoms with van der Waals surface area (Å²) in [5.74, 6) is 0.0978. The number of rotatable bonds is 10. The van der Waals surface area contributed by atoms with Gasteiger partial charge in [-0.1, -0.05) is 12.1 Å². The molecule has 1 aromatic rings. The molecular weight excluding hydrogens is 306 g/mol. The summed E-state index contributed by atoms with van der Waals surface area (Å²) in [5.41, 5.74) is 1.20. The molecule has 7 heteroatoms. The maximum atomic E-state index is 11.4. The third kappa shape index (κ3) is 8.59. The lowest BCUT2D eigenvalue weighted by molar-refractivity contribution is -0.384. The third-order valence-electron chi connectivity index (χ3n) is 3.19. The first-order chi connectivity index (χ1) is 10.1. The maximum Gasteiger partial charge on any atom is 0.269 e. The molecule has 0 bridgehead atoms. The van der Waals surface area contributed by atoms with Crippen molar-refractivity contribution >= 4 is 24.0 Å². The standard InChI is InChI=1S/C15H23N3O3.ClH/c1-16-11-4-6-15(19)17-12-3-2-5-13-7-9-14(10-8-13)18(20)21;/h7-10,16H,2-6,11-12H2,1H3,(H,17,19);1H. The van der Waals surface area contributed by atoms with Crippen LogP contribution in [0.2, 0.25) is 0 Å². The van der Waals surface area contributed by atoms with Crippen molar-refractivity contribution in [3.8, 4) is 0 Å². The highest BCUT2D eigenvalue weighted by molar-refractivity contribution is 5.85. The number of hydrogen-bond donors (Lipinski definition) is 2. The monoisotopic (exact) mass is 329 g/mol. The van der Waals surface area contributed by atoms with Gasteiger partial charge >= 0.3 is 0 Å². The molecule has 1 aromatic carbocycles. The van der Waals surface area contributed by atoms with E-state index in [0.717, 1.165) is 37.8 Å². The van der Waals surface area contributed by atoms with Crippen LogP contribution in [0.4, 0.5) is 5.69 Å². The summed E-state index contributed by atoms with van der Waals surface area (Å²) in [6, 6.07) is 6.63. The zero-order valence-electron chi connectivity index (χ0n) is 12.8. The molecule has 0 spiro atoms. The Hall–Kier alpha value is -1.66. The van der Waals surface area contributed by atoms with Gasteiger partial charge < -0.3 is 10.6 Å². The first kappa shape index (κ1) is 20.3. The topological polar surface area (TPSA) is 84.3 Å². The number of carbonyl (C=O) groups is 1. The molecule has 1 rings (SSSR count). The van der Waals surface area contributed by atoms with Crippen LogP contribution >= 0.6 is 12.4 Å². The lowest BCUT2D eigenvalue weighted by Crippen LogP contribution is -2.25. The maximum absolute atomic E-state index is 11.4. The smallest absolute Gasteiger partial charge is 0.269 e. The quantitative estimate of drug-likeness (QED) is 0.392. The SMILES string of the molecule is CNCCCC(=O)NCCCCc1ccc([N+](=O)[O-])cc1.Cl. The van der Waals surface area contributed by atoms with Gasteiger partial charge in [0.05, 0.1) is 4.92 Å². The zero-order chi connectivity index (χ0) is 15.5. The molecule has 0 aliphatic carbocycles. The summed E-state index contributed by atoms with van der Waals surface area (Å²) in [4.78, 5) is 21.6. The number of nitro benzene ring substituents is 1. The van der Waals surface area contributed by atoms with Gasteiger partial charge in [0.2, 0.25) is 5.91 Å². The van der Waals surface area contributed by atoms with Crippen LogP contribution in [0.25, 0.3) is 0 Å². The number of aryl methyl sites for hydroxylation is 1. The fraction of sp³-hybridized carbons (Fsp3) is 0.533. The van der Waals surface area contributed by atoms with E-state index in [0.29, 0.717) is 13.0 Å². The van der Waals surface area contributed by atoms with Gasteiger partial charge in [-0.3, -0.25) is 14.9 Å². The summed E-state index contributed by atoms with van der Waals surface area (Å²) in [7, 11) is 1.87. The fourth-order valence-corrected chi connectivity index (χ4v) is 1.98. The van der Waals surface area contributed by atoms with Crippen molar-refractivity contribution in [2.45, 2.75) is 32.1 Å². The van der Waals surface area contributed by atoms with E-state index in [4.69, 9.17) is 0 Å². The van der Waals surface area contributed by atoms with Crippen molar-refractivity contribution in [3.63, 3.8) is 0 Å². The number of hydrogen-bond acceptors (Lipinski definition) is 4. The van der Waals surface area contributed by atoms with Crippen molar-refractivity contribution in [1.82, 2.24) is 10.6 Å². The first-order valence-corrected chi connectivity index (χ1v) is 7.28. The average molecular weight is 330 g/mol. The minimum atomic E-state index is -0.395. The molecule has 0 saturated carbocycles. The molecule has 0 radical (unpaired) electrons. The van der Waals surface area contributed by atoms with E-state index in [-0.39, 0.29) is 24.0 Å². The summed E-state index contributed by atoms with van der Waals surface area (Å²) in [6.45, 7) is 1.54. The molecule has 2 N–H and O–H groups in total. The fourth-order valence-electron chi connectivity index (χ4n) is 1.98. The Labute approximate surface area is 137 Å². The molecule has 1 amide bonds. The highest BCUT2D eigenvalue weighted by Crippen LogP contribution is 2.13. The van der Waals surface area contributed by atoms with Crippen LogP contribution in [0.3, 0.4) is 0 Å². The van der Waals surface area contributed by atoms with Gasteiger partial charge in [0.15, 0.2) is 0 Å². The van der Waals surface area contributed by atoms with Crippen LogP contribution in [-0.4, -0.2) is 31.0 Å². The van der Waals surface area contributed by atoms with Gasteiger partial charge in [-0.2, -0.15) is 0 Å². The number of carbonyl (C=O) groups excluding carboxylic acids is 1. The Morgan fingerprint density at radius 2 is 1.82 bits per heavy atom. The van der Waals surface area contributed by atoms with E-state index in [2.05, 4.69) is 10.6 Å². The molecule has 22 heavy (non-hydrogen) atoms. The third-order valence-corrected chi connectivity index (χ3v) is 3.19. The molecule has 0 aliphatic heterocycles. The van der Waals surface area contributed by atoms with E-state index < -0.39 is 4.92 Å². The number of nitrogens with one attached hydrogen (secondary N) is 2. The predicted molar refractivity (Wildman–Crippen MR) is 89.5 cm³/mol. The van der Waals surface area contributed by atoms with E-state index in [9.17, 15) is 14.9 Å². The van der Waals surface area contributed by atoms with Gasteiger partial charge in [-0.25, -0.2) is 0 Å². The van der Waals surface area contributed by atoms with Gasteiger partial charge in [0, 0.05) is 25.1 Å². The van der Waals surface area contributed by atoms with Gasteiger partial charge in [-0.05, 0) is 44.8 Å². The Bertz CT molecular complexity index is 452. The number of nitro groups is 1. The molecule has 6 nitrogen and oxygen atoms in total. The minimum absolute atomic E-state index is 0. The summed E-state index contributed by atoms with van der Waals surface area (Å²) in [6.07, 6.45) is 4.14. The largest absolute Gasteiger partial charge is 0.356 e. The molecule has 0 unspecified atom stereocenters. The zero-order valence-corrected chi connectivity index (χ0v) is 13.7. The lowest BCUT2D eigenvalue weighted by atomic mass is 10.1. The van der Waals surface area contributed by atoms with Crippen LogP contribution in [0, 0.1) is 10.1 Å². The number of benzene rings is 1. The summed E-state index contributed by atoms with van der Waals surface area (Å²) < 4.78 is 0. The molecule has 0 aliphatic rings. The Balaban J connectivity index is 0.00000441. The second-order valence-corrected chi connectivity index (χ2v) is 4.94. The van der Waals surface area contributed by atoms with Crippen molar-refractivity contribution < 1.29 is 9.72 Å². The number of amides is 1. The van der Waals surface area contributed by atoms with Crippen LogP contribution in [0.1, 0.15) is 31.2 Å². The van der Waals surface area contributed by atoms with E-state index in [1.54, 1.807) is 12.1 Å². The minimum Gasteiger partial charge on any atom is -0.356 e. The van der Waals surface area contributed by atoms with Crippen LogP contribution in [-0.2, 0) is 11.2 Å². The van der Waals surface area contributed by atoms with Crippen LogP contribution in [0.5, 0.6) is 0 Å². The first-order valence-electron chi connectivity index (χ1n) is 7.28. The highest BCUT2D eigenvalue weighted by atomic mass is 35.5. The Morgan fingerprint density at radius 3 is 2.41 bits per heavy atom. The van der Waals surface area contributed by atoms with Gasteiger partial charge in [0.25, 0.3) is 5.69 Å². The molecular formula is C15H24ClN3O3. The van der Waals surface area contributed by atoms with E-state index in [1.165, 1.54) is 12.1 Å². The van der Waals surface area contributed by atoms with Crippen molar-refractivity contribution in [2.75, 3.05) is 20.1 Å². The molecule has 0 heterocycles. The molecule has 124 valence electrons. The second kappa shape index (κ2) is 11.9.